The van der Waals surface area contributed by atoms with E-state index in [1.54, 1.807) is 0 Å². The molecule has 2 N–H and O–H groups in total. The average Bonchev–Trinajstić information content (AvgIpc) is 2.41. The summed E-state index contributed by atoms with van der Waals surface area (Å²) in [6.45, 7) is 2.62. The number of thiocarbonyl (C=S) groups is 1. The topological polar surface area (TPSA) is 100 Å². The second-order valence-electron chi connectivity index (χ2n) is 4.29. The summed E-state index contributed by atoms with van der Waals surface area (Å²) in [7, 11) is 1.51. The van der Waals surface area contributed by atoms with E-state index in [0.717, 1.165) is 0 Å². The van der Waals surface area contributed by atoms with Gasteiger partial charge in [0.1, 0.15) is 0 Å². The van der Waals surface area contributed by atoms with Crippen LogP contribution in [0.5, 0.6) is 0 Å². The number of aliphatic imine (C=N–C) groups is 1. The van der Waals surface area contributed by atoms with Crippen LogP contribution in [0, 0.1) is 5.92 Å². The highest BCUT2D eigenvalue weighted by molar-refractivity contribution is 7.80. The van der Waals surface area contributed by atoms with Crippen molar-refractivity contribution in [3.8, 4) is 0 Å². The number of rotatable bonds is 7. The Balaban J connectivity index is 2.60. The van der Waals surface area contributed by atoms with Crippen molar-refractivity contribution in [3.05, 3.63) is 0 Å². The Hall–Kier alpha value is -1.87. The van der Waals surface area contributed by atoms with Gasteiger partial charge in [-0.1, -0.05) is 0 Å². The summed E-state index contributed by atoms with van der Waals surface area (Å²) in [4.78, 5) is 39.9. The summed E-state index contributed by atoms with van der Waals surface area (Å²) < 4.78 is 4.90. The molecule has 1 saturated heterocycles. The van der Waals surface area contributed by atoms with E-state index in [9.17, 15) is 14.4 Å². The predicted octanol–water partition coefficient (Wildman–Crippen LogP) is -1.30. The number of methoxy groups -OCH3 is 1. The lowest BCUT2D eigenvalue weighted by Gasteiger charge is -2.30. The zero-order valence-corrected chi connectivity index (χ0v) is 12.7. The lowest BCUT2D eigenvalue weighted by molar-refractivity contribution is -0.138. The molecule has 0 aliphatic carbocycles. The minimum atomic E-state index is -1.01. The first kappa shape index (κ1) is 17.2. The van der Waals surface area contributed by atoms with E-state index in [1.165, 1.54) is 25.1 Å². The molecule has 8 nitrogen and oxygen atoms in total. The number of carbonyl (C=O) groups excluding carboxylic acids is 3. The van der Waals surface area contributed by atoms with Gasteiger partial charge in [-0.15, -0.1) is 0 Å². The lowest BCUT2D eigenvalue weighted by Crippen LogP contribution is -2.58. The lowest BCUT2D eigenvalue weighted by atomic mass is 10.1. The van der Waals surface area contributed by atoms with Gasteiger partial charge in [0, 0.05) is 26.8 Å². The highest BCUT2D eigenvalue weighted by atomic mass is 32.1. The molecule has 1 fully saturated rings. The molecular weight excluding hydrogens is 296 g/mol. The summed E-state index contributed by atoms with van der Waals surface area (Å²) in [5, 5.41) is 5.10. The number of ether oxygens (including phenoxy) is 1. The zero-order chi connectivity index (χ0) is 15.8. The summed E-state index contributed by atoms with van der Waals surface area (Å²) in [6, 6.07) is 0. The molecule has 0 saturated carbocycles. The average molecular weight is 314 g/mol. The largest absolute Gasteiger partial charge is 0.383 e. The monoisotopic (exact) mass is 314 g/mol. The molecule has 1 aliphatic heterocycles. The molecule has 0 aromatic carbocycles. The van der Waals surface area contributed by atoms with Crippen LogP contribution in [0.25, 0.3) is 0 Å². The first-order chi connectivity index (χ1) is 9.97. The molecule has 0 aromatic heterocycles. The van der Waals surface area contributed by atoms with Crippen molar-refractivity contribution in [1.29, 1.82) is 0 Å². The van der Waals surface area contributed by atoms with E-state index < -0.39 is 17.7 Å². The number of hydrogen-bond donors (Lipinski definition) is 2. The third-order valence-electron chi connectivity index (χ3n) is 2.68. The third-order valence-corrected chi connectivity index (χ3v) is 3.00. The Morgan fingerprint density at radius 2 is 2.29 bits per heavy atom. The van der Waals surface area contributed by atoms with Crippen LogP contribution in [0.2, 0.25) is 0 Å². The fraction of sp³-hybridized carbons (Fsp3) is 0.583. The zero-order valence-electron chi connectivity index (χ0n) is 11.9. The number of nitrogens with one attached hydrogen (secondary N) is 2. The Labute approximate surface area is 127 Å². The predicted molar refractivity (Wildman–Crippen MR) is 79.9 cm³/mol. The van der Waals surface area contributed by atoms with Crippen LogP contribution in [0.4, 0.5) is 0 Å². The molecule has 116 valence electrons. The van der Waals surface area contributed by atoms with Crippen LogP contribution in [0.15, 0.2) is 4.99 Å². The molecule has 0 radical (unpaired) electrons. The highest BCUT2D eigenvalue weighted by Gasteiger charge is 2.37. The van der Waals surface area contributed by atoms with Gasteiger partial charge in [0.15, 0.2) is 11.0 Å². The summed E-state index contributed by atoms with van der Waals surface area (Å²) in [5.41, 5.74) is 0. The normalized spacial score (nSPS) is 19.0. The molecule has 1 heterocycles. The van der Waals surface area contributed by atoms with Gasteiger partial charge in [0.2, 0.25) is 17.7 Å². The van der Waals surface area contributed by atoms with Crippen LogP contribution in [-0.2, 0) is 19.1 Å². The van der Waals surface area contributed by atoms with Crippen molar-refractivity contribution in [3.63, 3.8) is 0 Å². The number of amides is 3. The van der Waals surface area contributed by atoms with Gasteiger partial charge in [-0.05, 0) is 12.2 Å². The number of nitrogens with zero attached hydrogens (tertiary/aromatic N) is 2. The Kier molecular flexibility index (Phi) is 6.89. The maximum atomic E-state index is 12.2. The Morgan fingerprint density at radius 3 is 2.90 bits per heavy atom. The van der Waals surface area contributed by atoms with Crippen molar-refractivity contribution in [2.75, 3.05) is 33.4 Å². The number of carbonyl (C=O) groups is 3. The Morgan fingerprint density at radius 1 is 1.57 bits per heavy atom. The third kappa shape index (κ3) is 5.20. The standard InChI is InChI=1S/C12H18N4O4S/c1-8(17)14-4-3-13-7-9-10(18)15-12(21)16(11(9)19)5-6-20-2/h7,9H,3-6H2,1-2H3,(H,14,17)(H,15,18,21). The van der Waals surface area contributed by atoms with Gasteiger partial charge < -0.3 is 15.4 Å². The first-order valence-electron chi connectivity index (χ1n) is 6.37. The van der Waals surface area contributed by atoms with Gasteiger partial charge in [-0.25, -0.2) is 0 Å². The van der Waals surface area contributed by atoms with Gasteiger partial charge >= 0.3 is 0 Å². The van der Waals surface area contributed by atoms with E-state index >= 15 is 0 Å². The smallest absolute Gasteiger partial charge is 0.246 e. The second-order valence-corrected chi connectivity index (χ2v) is 4.68. The summed E-state index contributed by atoms with van der Waals surface area (Å²) in [5.74, 6) is -2.09. The SMILES string of the molecule is COCCN1C(=O)C(C=NCCNC(C)=O)C(=O)NC1=S. The molecule has 1 rings (SSSR count). The van der Waals surface area contributed by atoms with E-state index in [4.69, 9.17) is 17.0 Å². The molecule has 0 bridgehead atoms. The molecule has 1 aliphatic rings. The molecule has 21 heavy (non-hydrogen) atoms. The fourth-order valence-electron chi connectivity index (χ4n) is 1.63. The van der Waals surface area contributed by atoms with Crippen molar-refractivity contribution in [1.82, 2.24) is 15.5 Å². The van der Waals surface area contributed by atoms with Gasteiger partial charge in [0.25, 0.3) is 0 Å². The van der Waals surface area contributed by atoms with E-state index in [2.05, 4.69) is 15.6 Å². The first-order valence-corrected chi connectivity index (χ1v) is 6.77. The molecule has 1 unspecified atom stereocenters. The van der Waals surface area contributed by atoms with Crippen molar-refractivity contribution in [2.45, 2.75) is 6.92 Å². The number of hydrogen-bond acceptors (Lipinski definition) is 6. The molecule has 9 heteroatoms. The summed E-state index contributed by atoms with van der Waals surface area (Å²) >= 11 is 4.96. The van der Waals surface area contributed by atoms with Gasteiger partial charge in [-0.3, -0.25) is 24.3 Å². The maximum absolute atomic E-state index is 12.2. The Bertz CT molecular complexity index is 466. The maximum Gasteiger partial charge on any atom is 0.246 e. The molecule has 3 amide bonds. The van der Waals surface area contributed by atoms with Crippen molar-refractivity contribution >= 4 is 41.3 Å². The molecule has 0 aromatic rings. The van der Waals surface area contributed by atoms with Crippen molar-refractivity contribution in [2.24, 2.45) is 10.9 Å². The van der Waals surface area contributed by atoms with Crippen molar-refractivity contribution < 1.29 is 19.1 Å². The van der Waals surface area contributed by atoms with E-state index in [1.807, 2.05) is 0 Å². The highest BCUT2D eigenvalue weighted by Crippen LogP contribution is 2.09. The minimum absolute atomic E-state index is 0.0740. The quantitative estimate of drug-likeness (QED) is 0.263. The molecular formula is C12H18N4O4S. The minimum Gasteiger partial charge on any atom is -0.383 e. The fourth-order valence-corrected chi connectivity index (χ4v) is 1.91. The summed E-state index contributed by atoms with van der Waals surface area (Å²) in [6.07, 6.45) is 1.28. The van der Waals surface area contributed by atoms with E-state index in [-0.39, 0.29) is 17.6 Å². The molecule has 1 atom stereocenters. The second kappa shape index (κ2) is 8.42. The van der Waals surface area contributed by atoms with E-state index in [0.29, 0.717) is 19.7 Å². The van der Waals surface area contributed by atoms with Crippen LogP contribution >= 0.6 is 12.2 Å². The van der Waals surface area contributed by atoms with Gasteiger partial charge in [0.05, 0.1) is 19.7 Å². The van der Waals surface area contributed by atoms with Crippen LogP contribution < -0.4 is 10.6 Å². The van der Waals surface area contributed by atoms with Gasteiger partial charge in [-0.2, -0.15) is 0 Å². The van der Waals surface area contributed by atoms with Crippen LogP contribution in [0.3, 0.4) is 0 Å². The van der Waals surface area contributed by atoms with Crippen LogP contribution in [-0.4, -0.2) is 67.3 Å². The molecule has 0 spiro atoms. The van der Waals surface area contributed by atoms with Crippen LogP contribution in [0.1, 0.15) is 6.92 Å².